The van der Waals surface area contributed by atoms with Gasteiger partial charge < -0.3 is 4.90 Å². The van der Waals surface area contributed by atoms with Crippen molar-refractivity contribution < 1.29 is 4.79 Å². The molecule has 0 saturated carbocycles. The van der Waals surface area contributed by atoms with Gasteiger partial charge in [0.25, 0.3) is 0 Å². The maximum atomic E-state index is 12.5. The summed E-state index contributed by atoms with van der Waals surface area (Å²) in [5, 5.41) is 7.85. The first kappa shape index (κ1) is 18.2. The number of rotatable bonds is 8. The Kier molecular flexibility index (Phi) is 5.12. The Morgan fingerprint density at radius 1 is 0.821 bits per heavy atom. The normalized spacial score (nSPS) is 11.3. The summed E-state index contributed by atoms with van der Waals surface area (Å²) in [5.41, 5.74) is 1.32. The number of aryl methyl sites for hydroxylation is 1. The average Bonchev–Trinajstić information content (AvgIpc) is 2.72. The van der Waals surface area contributed by atoms with E-state index in [1.807, 2.05) is 0 Å². The summed E-state index contributed by atoms with van der Waals surface area (Å²) >= 11 is 0. The molecule has 0 aliphatic carbocycles. The van der Waals surface area contributed by atoms with E-state index in [2.05, 4.69) is 67.8 Å². The minimum absolute atomic E-state index is 0.164. The Balaban J connectivity index is 1.60. The molecule has 0 N–H and O–H groups in total. The molecule has 0 fully saturated rings. The number of benzene rings is 4. The Hall–Kier alpha value is -3.13. The van der Waals surface area contributed by atoms with Gasteiger partial charge in [-0.25, -0.2) is 0 Å². The van der Waals surface area contributed by atoms with Gasteiger partial charge in [0.15, 0.2) is 0 Å². The zero-order chi connectivity index (χ0) is 19.5. The van der Waals surface area contributed by atoms with Gasteiger partial charge in [0.1, 0.15) is 0 Å². The summed E-state index contributed by atoms with van der Waals surface area (Å²) in [4.78, 5) is 14.3. The molecule has 4 aromatic carbocycles. The summed E-state index contributed by atoms with van der Waals surface area (Å²) in [7, 11) is 0. The van der Waals surface area contributed by atoms with E-state index in [-0.39, 0.29) is 5.91 Å². The van der Waals surface area contributed by atoms with Crippen molar-refractivity contribution in [1.29, 1.82) is 0 Å². The maximum Gasteiger partial charge on any atom is 0.223 e. The second-order valence-corrected chi connectivity index (χ2v) is 7.31. The second-order valence-electron chi connectivity index (χ2n) is 7.31. The number of nitrogens with zero attached hydrogens (tertiary/aromatic N) is 1. The van der Waals surface area contributed by atoms with E-state index >= 15 is 0 Å². The molecule has 0 saturated heterocycles. The Labute approximate surface area is 166 Å². The lowest BCUT2D eigenvalue weighted by Crippen LogP contribution is -2.31. The average molecular weight is 367 g/mol. The minimum atomic E-state index is 0.164. The number of hydrogen-bond acceptors (Lipinski definition) is 1. The fourth-order valence-corrected chi connectivity index (χ4v) is 4.19. The van der Waals surface area contributed by atoms with Gasteiger partial charge in [-0.1, -0.05) is 66.7 Å². The lowest BCUT2D eigenvalue weighted by molar-refractivity contribution is -0.130. The van der Waals surface area contributed by atoms with Gasteiger partial charge in [-0.05, 0) is 50.7 Å². The molecular formula is C26H25NO. The third kappa shape index (κ3) is 3.27. The van der Waals surface area contributed by atoms with Crippen LogP contribution in [0.4, 0.5) is 0 Å². The van der Waals surface area contributed by atoms with Crippen LogP contribution in [0.2, 0.25) is 0 Å². The van der Waals surface area contributed by atoms with E-state index in [1.165, 1.54) is 37.9 Å². The van der Waals surface area contributed by atoms with Crippen LogP contribution in [-0.2, 0) is 11.2 Å². The maximum absolute atomic E-state index is 12.5. The molecule has 0 radical (unpaired) electrons. The van der Waals surface area contributed by atoms with Crippen LogP contribution in [0.25, 0.3) is 32.3 Å². The van der Waals surface area contributed by atoms with Crippen LogP contribution < -0.4 is 0 Å². The molecule has 140 valence electrons. The summed E-state index contributed by atoms with van der Waals surface area (Å²) in [6, 6.07) is 19.8. The first-order valence-corrected chi connectivity index (χ1v) is 9.88. The molecular weight excluding hydrogens is 342 g/mol. The van der Waals surface area contributed by atoms with E-state index in [0.29, 0.717) is 19.5 Å². The van der Waals surface area contributed by atoms with Crippen molar-refractivity contribution in [3.8, 4) is 0 Å². The van der Waals surface area contributed by atoms with Crippen LogP contribution in [-0.4, -0.2) is 23.9 Å². The first-order valence-electron chi connectivity index (χ1n) is 9.88. The zero-order valence-electron chi connectivity index (χ0n) is 16.2. The van der Waals surface area contributed by atoms with Gasteiger partial charge >= 0.3 is 0 Å². The molecule has 0 aromatic heterocycles. The van der Waals surface area contributed by atoms with Crippen LogP contribution in [0.5, 0.6) is 0 Å². The van der Waals surface area contributed by atoms with Crippen LogP contribution in [0, 0.1) is 0 Å². The molecule has 0 bridgehead atoms. The smallest absolute Gasteiger partial charge is 0.223 e. The zero-order valence-corrected chi connectivity index (χ0v) is 16.2. The summed E-state index contributed by atoms with van der Waals surface area (Å²) in [5.74, 6) is 0.164. The van der Waals surface area contributed by atoms with Crippen LogP contribution in [0.3, 0.4) is 0 Å². The fourth-order valence-electron chi connectivity index (χ4n) is 4.19. The number of carbonyl (C=O) groups excluding carboxylic acids is 1. The Morgan fingerprint density at radius 2 is 1.43 bits per heavy atom. The van der Waals surface area contributed by atoms with Gasteiger partial charge in [0.2, 0.25) is 5.91 Å². The fraction of sp³-hybridized carbons (Fsp3) is 0.192. The van der Waals surface area contributed by atoms with Crippen molar-refractivity contribution in [2.75, 3.05) is 13.1 Å². The quantitative estimate of drug-likeness (QED) is 0.272. The third-order valence-electron chi connectivity index (χ3n) is 5.51. The number of carbonyl (C=O) groups is 1. The monoisotopic (exact) mass is 367 g/mol. The first-order chi connectivity index (χ1) is 13.7. The molecule has 4 aromatic rings. The summed E-state index contributed by atoms with van der Waals surface area (Å²) in [6.07, 6.45) is 5.82. The molecule has 0 atom stereocenters. The van der Waals surface area contributed by atoms with Crippen molar-refractivity contribution in [2.24, 2.45) is 0 Å². The third-order valence-corrected chi connectivity index (χ3v) is 5.51. The summed E-state index contributed by atoms with van der Waals surface area (Å²) in [6.45, 7) is 8.62. The predicted octanol–water partition coefficient (Wildman–Crippen LogP) is 6.11. The molecule has 0 heterocycles. The molecule has 2 nitrogen and oxygen atoms in total. The number of amides is 1. The lowest BCUT2D eigenvalue weighted by Gasteiger charge is -2.19. The number of hydrogen-bond donors (Lipinski definition) is 0. The van der Waals surface area contributed by atoms with Crippen molar-refractivity contribution in [3.63, 3.8) is 0 Å². The molecule has 28 heavy (non-hydrogen) atoms. The second kappa shape index (κ2) is 7.85. The van der Waals surface area contributed by atoms with Crippen molar-refractivity contribution in [3.05, 3.63) is 85.5 Å². The van der Waals surface area contributed by atoms with Gasteiger partial charge in [-0.2, -0.15) is 0 Å². The predicted molar refractivity (Wildman–Crippen MR) is 120 cm³/mol. The van der Waals surface area contributed by atoms with Gasteiger partial charge in [0, 0.05) is 19.5 Å². The summed E-state index contributed by atoms with van der Waals surface area (Å²) < 4.78 is 0. The van der Waals surface area contributed by atoms with E-state index in [9.17, 15) is 4.79 Å². The van der Waals surface area contributed by atoms with Crippen LogP contribution in [0.1, 0.15) is 18.4 Å². The molecule has 1 amide bonds. The van der Waals surface area contributed by atoms with Crippen LogP contribution >= 0.6 is 0 Å². The Morgan fingerprint density at radius 3 is 2.11 bits per heavy atom. The van der Waals surface area contributed by atoms with E-state index < -0.39 is 0 Å². The highest BCUT2D eigenvalue weighted by Gasteiger charge is 2.13. The van der Waals surface area contributed by atoms with Crippen molar-refractivity contribution in [1.82, 2.24) is 4.90 Å². The topological polar surface area (TPSA) is 20.3 Å². The molecule has 0 spiro atoms. The molecule has 0 unspecified atom stereocenters. The van der Waals surface area contributed by atoms with Gasteiger partial charge in [-0.3, -0.25) is 4.79 Å². The van der Waals surface area contributed by atoms with E-state index in [0.717, 1.165) is 12.8 Å². The molecule has 2 heteroatoms. The minimum Gasteiger partial charge on any atom is -0.335 e. The molecule has 0 aliphatic rings. The SMILES string of the molecule is C=CCN(CC=C)C(=O)CCCc1ccc2ccc3cccc4ccc1c2c34. The van der Waals surface area contributed by atoms with E-state index in [1.54, 1.807) is 17.1 Å². The van der Waals surface area contributed by atoms with E-state index in [4.69, 9.17) is 0 Å². The van der Waals surface area contributed by atoms with Gasteiger partial charge in [-0.15, -0.1) is 13.2 Å². The largest absolute Gasteiger partial charge is 0.335 e. The lowest BCUT2D eigenvalue weighted by atomic mass is 9.90. The molecule has 4 rings (SSSR count). The van der Waals surface area contributed by atoms with Crippen molar-refractivity contribution in [2.45, 2.75) is 19.3 Å². The van der Waals surface area contributed by atoms with Crippen LogP contribution in [0.15, 0.2) is 79.9 Å². The Bertz CT molecular complexity index is 1130. The highest BCUT2D eigenvalue weighted by atomic mass is 16.2. The highest BCUT2D eigenvalue weighted by molar-refractivity contribution is 6.23. The van der Waals surface area contributed by atoms with Crippen molar-refractivity contribution >= 4 is 38.2 Å². The van der Waals surface area contributed by atoms with Gasteiger partial charge in [0.05, 0.1) is 0 Å². The standard InChI is InChI=1S/C26H25NO/c1-3-17-27(18-4-2)24(28)10-6-7-19-11-12-22-14-13-20-8-5-9-21-15-16-23(19)26(22)25(20)21/h3-5,8-9,11-16H,1-2,6-7,10,17-18H2. The highest BCUT2D eigenvalue weighted by Crippen LogP contribution is 2.36. The molecule has 0 aliphatic heterocycles.